The molecule has 7 nitrogen and oxygen atoms in total. The van der Waals surface area contributed by atoms with E-state index < -0.39 is 0 Å². The van der Waals surface area contributed by atoms with Gasteiger partial charge in [-0.15, -0.1) is 0 Å². The molecule has 0 bridgehead atoms. The van der Waals surface area contributed by atoms with Crippen LogP contribution in [0, 0.1) is 6.92 Å². The van der Waals surface area contributed by atoms with Crippen molar-refractivity contribution < 1.29 is 4.74 Å². The summed E-state index contributed by atoms with van der Waals surface area (Å²) in [7, 11) is 2.04. The second kappa shape index (κ2) is 7.34. The highest BCUT2D eigenvalue weighted by atomic mass is 16.5. The average Bonchev–Trinajstić information content (AvgIpc) is 3.01. The molecule has 0 spiro atoms. The number of fused-ring (bicyclic) bond motifs is 2. The number of pyridine rings is 1. The molecule has 0 aliphatic carbocycles. The van der Waals surface area contributed by atoms with Gasteiger partial charge in [0.25, 0.3) is 0 Å². The zero-order valence-corrected chi connectivity index (χ0v) is 18.3. The first-order valence-electron chi connectivity index (χ1n) is 10.8. The maximum absolute atomic E-state index is 6.06. The van der Waals surface area contributed by atoms with Gasteiger partial charge in [-0.2, -0.15) is 0 Å². The molecule has 7 heteroatoms. The van der Waals surface area contributed by atoms with Gasteiger partial charge >= 0.3 is 0 Å². The molecule has 5 aromatic rings. The van der Waals surface area contributed by atoms with Crippen LogP contribution < -0.4 is 15.8 Å². The van der Waals surface area contributed by atoms with E-state index >= 15 is 0 Å². The van der Waals surface area contributed by atoms with Crippen LogP contribution in [0.5, 0.6) is 11.6 Å². The van der Waals surface area contributed by atoms with E-state index in [-0.39, 0.29) is 0 Å². The lowest BCUT2D eigenvalue weighted by Crippen LogP contribution is -2.03. The summed E-state index contributed by atoms with van der Waals surface area (Å²) >= 11 is 0. The van der Waals surface area contributed by atoms with Crippen LogP contribution in [0.3, 0.4) is 0 Å². The molecule has 1 aliphatic rings. The van der Waals surface area contributed by atoms with Crippen LogP contribution in [-0.4, -0.2) is 19.5 Å². The summed E-state index contributed by atoms with van der Waals surface area (Å²) in [5.41, 5.74) is 14.0. The Hall–Kier alpha value is -4.39. The normalized spacial score (nSPS) is 12.2. The molecule has 0 radical (unpaired) electrons. The summed E-state index contributed by atoms with van der Waals surface area (Å²) < 4.78 is 8.19. The van der Waals surface area contributed by atoms with Crippen LogP contribution in [0.1, 0.15) is 11.3 Å². The number of aromatic nitrogens is 4. The van der Waals surface area contributed by atoms with E-state index in [1.54, 1.807) is 6.33 Å². The van der Waals surface area contributed by atoms with Crippen LogP contribution in [0.25, 0.3) is 33.4 Å². The Morgan fingerprint density at radius 3 is 2.70 bits per heavy atom. The molecule has 0 saturated carbocycles. The Morgan fingerprint density at radius 1 is 1.03 bits per heavy atom. The van der Waals surface area contributed by atoms with Gasteiger partial charge in [0, 0.05) is 36.6 Å². The number of anilines is 2. The molecule has 3 aromatic heterocycles. The van der Waals surface area contributed by atoms with Crippen LogP contribution in [0.15, 0.2) is 67.0 Å². The number of aryl methyl sites for hydroxylation is 2. The number of ether oxygens (including phenoxy) is 1. The minimum Gasteiger partial charge on any atom is -0.439 e. The van der Waals surface area contributed by atoms with E-state index in [9.17, 15) is 0 Å². The number of rotatable bonds is 3. The van der Waals surface area contributed by atoms with Crippen LogP contribution in [-0.2, 0) is 13.6 Å². The molecule has 2 aromatic carbocycles. The van der Waals surface area contributed by atoms with Gasteiger partial charge in [-0.1, -0.05) is 24.3 Å². The van der Waals surface area contributed by atoms with Crippen molar-refractivity contribution in [2.24, 2.45) is 7.05 Å². The molecular weight excluding hydrogens is 412 g/mol. The van der Waals surface area contributed by atoms with Gasteiger partial charge < -0.3 is 20.4 Å². The monoisotopic (exact) mass is 434 g/mol. The van der Waals surface area contributed by atoms with E-state index in [0.717, 1.165) is 61.9 Å². The summed E-state index contributed by atoms with van der Waals surface area (Å²) in [4.78, 5) is 13.6. The number of nitrogens with two attached hydrogens (primary N) is 1. The zero-order valence-electron chi connectivity index (χ0n) is 18.3. The topological polar surface area (TPSA) is 90.9 Å². The Bertz CT molecular complexity index is 1520. The fourth-order valence-electron chi connectivity index (χ4n) is 4.53. The first kappa shape index (κ1) is 19.3. The number of nitrogens with one attached hydrogen (secondary N) is 1. The van der Waals surface area contributed by atoms with Crippen molar-refractivity contribution in [1.82, 2.24) is 19.5 Å². The highest BCUT2D eigenvalue weighted by Gasteiger charge is 2.26. The molecule has 3 N–H and O–H groups in total. The molecule has 0 amide bonds. The SMILES string of the molecule is Cc1cccc(Oc2ccc3c(c2)CNc2ncnc4c2c-3c(-c2ccc(N)cc2)n4C)n1. The highest BCUT2D eigenvalue weighted by molar-refractivity contribution is 6.09. The first-order valence-corrected chi connectivity index (χ1v) is 10.8. The number of nitrogen functional groups attached to an aromatic ring is 1. The van der Waals surface area contributed by atoms with Crippen molar-refractivity contribution in [1.29, 1.82) is 0 Å². The van der Waals surface area contributed by atoms with E-state index in [1.807, 2.05) is 62.5 Å². The third kappa shape index (κ3) is 3.17. The first-order chi connectivity index (χ1) is 16.1. The fourth-order valence-corrected chi connectivity index (χ4v) is 4.53. The molecule has 1 aliphatic heterocycles. The summed E-state index contributed by atoms with van der Waals surface area (Å²) in [6, 6.07) is 19.9. The van der Waals surface area contributed by atoms with E-state index in [1.165, 1.54) is 0 Å². The Labute approximate surface area is 190 Å². The van der Waals surface area contributed by atoms with Crippen LogP contribution in [0.4, 0.5) is 11.5 Å². The summed E-state index contributed by atoms with van der Waals surface area (Å²) in [6.07, 6.45) is 1.61. The van der Waals surface area contributed by atoms with Gasteiger partial charge in [0.1, 0.15) is 23.5 Å². The molecule has 4 heterocycles. The Morgan fingerprint density at radius 2 is 1.88 bits per heavy atom. The fraction of sp³-hybridized carbons (Fsp3) is 0.115. The molecule has 6 rings (SSSR count). The van der Waals surface area contributed by atoms with Crippen molar-refractivity contribution in [2.75, 3.05) is 11.1 Å². The van der Waals surface area contributed by atoms with E-state index in [2.05, 4.69) is 37.0 Å². The van der Waals surface area contributed by atoms with Gasteiger partial charge in [-0.25, -0.2) is 15.0 Å². The predicted molar refractivity (Wildman–Crippen MR) is 130 cm³/mol. The maximum Gasteiger partial charge on any atom is 0.219 e. The Balaban J connectivity index is 1.55. The van der Waals surface area contributed by atoms with Crippen molar-refractivity contribution in [3.8, 4) is 34.0 Å². The van der Waals surface area contributed by atoms with E-state index in [4.69, 9.17) is 10.5 Å². The summed E-state index contributed by atoms with van der Waals surface area (Å²) in [5, 5.41) is 4.50. The van der Waals surface area contributed by atoms with Crippen LogP contribution in [0.2, 0.25) is 0 Å². The lowest BCUT2D eigenvalue weighted by atomic mass is 9.95. The predicted octanol–water partition coefficient (Wildman–Crippen LogP) is 5.31. The second-order valence-electron chi connectivity index (χ2n) is 8.22. The Kier molecular flexibility index (Phi) is 4.29. The van der Waals surface area contributed by atoms with Crippen molar-refractivity contribution >= 4 is 22.5 Å². The second-order valence-corrected chi connectivity index (χ2v) is 8.22. The maximum atomic E-state index is 6.06. The summed E-state index contributed by atoms with van der Waals surface area (Å²) in [6.45, 7) is 2.57. The number of benzene rings is 2. The number of hydrogen-bond donors (Lipinski definition) is 2. The standard InChI is InChI=1S/C26H22N6O/c1-15-4-3-5-21(31-15)33-19-10-11-20-17(12-19)13-28-25-23-22(20)24(16-6-8-18(27)9-7-16)32(2)26(23)30-14-29-25/h3-12,14H,13,27H2,1-2H3,(H,28,29,30). The zero-order chi connectivity index (χ0) is 22.5. The van der Waals surface area contributed by atoms with Gasteiger partial charge in [0.2, 0.25) is 5.88 Å². The van der Waals surface area contributed by atoms with Crippen LogP contribution >= 0.6 is 0 Å². The quantitative estimate of drug-likeness (QED) is 0.374. The average molecular weight is 435 g/mol. The van der Waals surface area contributed by atoms with Crippen molar-refractivity contribution in [3.63, 3.8) is 0 Å². The molecule has 33 heavy (non-hydrogen) atoms. The van der Waals surface area contributed by atoms with E-state index in [0.29, 0.717) is 12.4 Å². The number of hydrogen-bond acceptors (Lipinski definition) is 6. The third-order valence-electron chi connectivity index (χ3n) is 6.03. The molecular formula is C26H22N6O. The smallest absolute Gasteiger partial charge is 0.219 e. The summed E-state index contributed by atoms with van der Waals surface area (Å²) in [5.74, 6) is 2.15. The molecule has 0 saturated heterocycles. The van der Waals surface area contributed by atoms with Gasteiger partial charge in [0.05, 0.1) is 11.1 Å². The van der Waals surface area contributed by atoms with Gasteiger partial charge in [-0.3, -0.25) is 0 Å². The van der Waals surface area contributed by atoms with Gasteiger partial charge in [0.15, 0.2) is 0 Å². The third-order valence-corrected chi connectivity index (χ3v) is 6.03. The minimum atomic E-state index is 0.579. The minimum absolute atomic E-state index is 0.579. The number of nitrogens with zero attached hydrogens (tertiary/aromatic N) is 4. The molecule has 0 atom stereocenters. The molecule has 0 unspecified atom stereocenters. The lowest BCUT2D eigenvalue weighted by Gasteiger charge is -2.13. The van der Waals surface area contributed by atoms with Gasteiger partial charge in [-0.05, 0) is 53.9 Å². The molecule has 162 valence electrons. The van der Waals surface area contributed by atoms with Crippen molar-refractivity contribution in [2.45, 2.75) is 13.5 Å². The highest BCUT2D eigenvalue weighted by Crippen LogP contribution is 2.45. The van der Waals surface area contributed by atoms with Crippen molar-refractivity contribution in [3.05, 3.63) is 78.2 Å². The molecule has 0 fully saturated rings. The largest absolute Gasteiger partial charge is 0.439 e. The lowest BCUT2D eigenvalue weighted by molar-refractivity contribution is 0.461.